The van der Waals surface area contributed by atoms with E-state index in [-0.39, 0.29) is 23.4 Å². The zero-order chi connectivity index (χ0) is 23.2. The summed E-state index contributed by atoms with van der Waals surface area (Å²) in [6.45, 7) is 7.14. The Balaban J connectivity index is 1.23. The number of ether oxygens (including phenoxy) is 1. The van der Waals surface area contributed by atoms with Crippen molar-refractivity contribution in [3.8, 4) is 0 Å². The van der Waals surface area contributed by atoms with E-state index in [1.165, 1.54) is 56.9 Å². The lowest BCUT2D eigenvalue weighted by atomic mass is 9.49. The van der Waals surface area contributed by atoms with Gasteiger partial charge in [0.05, 0.1) is 5.92 Å². The van der Waals surface area contributed by atoms with Gasteiger partial charge in [-0.3, -0.25) is 9.59 Å². The van der Waals surface area contributed by atoms with E-state index in [0.717, 1.165) is 56.3 Å². The van der Waals surface area contributed by atoms with Crippen molar-refractivity contribution in [3.63, 3.8) is 0 Å². The fourth-order valence-corrected chi connectivity index (χ4v) is 9.15. The Morgan fingerprint density at radius 2 is 1.88 bits per heavy atom. The van der Waals surface area contributed by atoms with Crippen molar-refractivity contribution >= 4 is 11.8 Å². The van der Waals surface area contributed by atoms with Crippen LogP contribution in [0.15, 0.2) is 11.6 Å². The number of hydrogen-bond donors (Lipinski definition) is 0. The molecule has 0 radical (unpaired) electrons. The van der Waals surface area contributed by atoms with Gasteiger partial charge in [-0.25, -0.2) is 0 Å². The lowest BCUT2D eigenvalue weighted by Crippen LogP contribution is -2.51. The number of esters is 1. The van der Waals surface area contributed by atoms with Crippen LogP contribution in [0.1, 0.15) is 111 Å². The highest BCUT2D eigenvalue weighted by Gasteiger charge is 2.59. The number of fused-ring (bicyclic) bond motifs is 5. The zero-order valence-corrected chi connectivity index (χ0v) is 21.3. The number of carbonyl (C=O) groups is 2. The first kappa shape index (κ1) is 23.6. The predicted molar refractivity (Wildman–Crippen MR) is 131 cm³/mol. The van der Waals surface area contributed by atoms with E-state index in [4.69, 9.17) is 4.74 Å². The maximum absolute atomic E-state index is 13.2. The molecule has 5 aliphatic rings. The Bertz CT molecular complexity index is 775. The molecule has 0 aliphatic heterocycles. The van der Waals surface area contributed by atoms with Gasteiger partial charge in [0, 0.05) is 11.8 Å². The molecule has 5 rings (SSSR count). The van der Waals surface area contributed by atoms with Gasteiger partial charge in [-0.1, -0.05) is 45.6 Å². The van der Waals surface area contributed by atoms with Crippen LogP contribution in [0.2, 0.25) is 0 Å². The van der Waals surface area contributed by atoms with Gasteiger partial charge in [-0.05, 0) is 106 Å². The summed E-state index contributed by atoms with van der Waals surface area (Å²) in [5, 5.41) is 0. The summed E-state index contributed by atoms with van der Waals surface area (Å²) < 4.78 is 6.38. The van der Waals surface area contributed by atoms with Crippen LogP contribution in [-0.4, -0.2) is 17.9 Å². The van der Waals surface area contributed by atoms with E-state index < -0.39 is 0 Å². The Kier molecular flexibility index (Phi) is 6.80. The average Bonchev–Trinajstić information content (AvgIpc) is 3.13. The van der Waals surface area contributed by atoms with Gasteiger partial charge in [0.1, 0.15) is 6.10 Å². The summed E-state index contributed by atoms with van der Waals surface area (Å²) in [5.41, 5.74) is 1.61. The molecule has 0 aromatic carbocycles. The van der Waals surface area contributed by atoms with Gasteiger partial charge in [-0.2, -0.15) is 0 Å². The van der Waals surface area contributed by atoms with Crippen LogP contribution in [0.3, 0.4) is 0 Å². The quantitative estimate of drug-likeness (QED) is 0.410. The minimum Gasteiger partial charge on any atom is -0.462 e. The molecule has 0 bridgehead atoms. The molecule has 0 N–H and O–H groups in total. The summed E-state index contributed by atoms with van der Waals surface area (Å²) in [7, 11) is 0. The predicted octanol–water partition coefficient (Wildman–Crippen LogP) is 7.28. The molecule has 7 atom stereocenters. The molecule has 0 spiro atoms. The number of allylic oxidation sites excluding steroid dienone is 1. The first-order valence-corrected chi connectivity index (χ1v) is 14.3. The van der Waals surface area contributed by atoms with E-state index in [0.29, 0.717) is 23.5 Å². The fourth-order valence-electron chi connectivity index (χ4n) is 9.15. The number of hydrogen-bond acceptors (Lipinski definition) is 3. The van der Waals surface area contributed by atoms with Crippen LogP contribution in [0.5, 0.6) is 0 Å². The van der Waals surface area contributed by atoms with Gasteiger partial charge in [0.25, 0.3) is 0 Å². The maximum Gasteiger partial charge on any atom is 0.309 e. The van der Waals surface area contributed by atoms with E-state index in [1.807, 2.05) is 6.08 Å². The maximum atomic E-state index is 13.2. The summed E-state index contributed by atoms with van der Waals surface area (Å²) in [6.07, 6.45) is 18.2. The lowest BCUT2D eigenvalue weighted by Gasteiger charge is -2.55. The largest absolute Gasteiger partial charge is 0.462 e. The molecule has 3 nitrogen and oxygen atoms in total. The van der Waals surface area contributed by atoms with Crippen molar-refractivity contribution < 1.29 is 14.3 Å². The number of carbonyl (C=O) groups excluding carboxylic acids is 2. The summed E-state index contributed by atoms with van der Waals surface area (Å²) in [5.74, 6) is 4.86. The van der Waals surface area contributed by atoms with Gasteiger partial charge in [-0.15, -0.1) is 0 Å². The van der Waals surface area contributed by atoms with Crippen molar-refractivity contribution in [1.82, 2.24) is 0 Å². The Morgan fingerprint density at radius 3 is 2.64 bits per heavy atom. The summed E-state index contributed by atoms with van der Waals surface area (Å²) in [6, 6.07) is 0. The molecule has 4 fully saturated rings. The minimum absolute atomic E-state index is 0.116. The van der Waals surface area contributed by atoms with Crippen LogP contribution in [0.25, 0.3) is 0 Å². The Labute approximate surface area is 201 Å². The van der Waals surface area contributed by atoms with Crippen LogP contribution in [-0.2, 0) is 14.3 Å². The highest BCUT2D eigenvalue weighted by Crippen LogP contribution is 2.63. The van der Waals surface area contributed by atoms with Crippen LogP contribution in [0, 0.1) is 46.8 Å². The van der Waals surface area contributed by atoms with E-state index in [1.54, 1.807) is 0 Å². The van der Waals surface area contributed by atoms with E-state index >= 15 is 0 Å². The monoisotopic (exact) mass is 454 g/mol. The number of unbranched alkanes of at least 4 members (excludes halogenated alkanes) is 1. The third-order valence-electron chi connectivity index (χ3n) is 11.0. The Morgan fingerprint density at radius 1 is 1.09 bits per heavy atom. The van der Waals surface area contributed by atoms with Gasteiger partial charge in [0.15, 0.2) is 5.78 Å². The molecule has 0 aromatic heterocycles. The van der Waals surface area contributed by atoms with Crippen LogP contribution >= 0.6 is 0 Å². The second kappa shape index (κ2) is 9.50. The molecule has 0 saturated heterocycles. The number of ketones is 1. The number of rotatable bonds is 5. The first-order chi connectivity index (χ1) is 15.9. The van der Waals surface area contributed by atoms with Crippen molar-refractivity contribution in [2.24, 2.45) is 46.8 Å². The second-order valence-electron chi connectivity index (χ2n) is 12.8. The molecule has 4 saturated carbocycles. The molecule has 5 aliphatic carbocycles. The van der Waals surface area contributed by atoms with Gasteiger partial charge < -0.3 is 4.74 Å². The Hall–Kier alpha value is -1.12. The van der Waals surface area contributed by atoms with Crippen molar-refractivity contribution in [1.29, 1.82) is 0 Å². The van der Waals surface area contributed by atoms with Crippen LogP contribution < -0.4 is 0 Å². The second-order valence-corrected chi connectivity index (χ2v) is 12.8. The van der Waals surface area contributed by atoms with Crippen molar-refractivity contribution in [3.05, 3.63) is 11.6 Å². The van der Waals surface area contributed by atoms with Crippen LogP contribution in [0.4, 0.5) is 0 Å². The lowest BCUT2D eigenvalue weighted by molar-refractivity contribution is -0.166. The zero-order valence-electron chi connectivity index (χ0n) is 21.3. The fraction of sp³-hybridized carbons (Fsp3) is 0.867. The standard InChI is InChI=1S/C30H46O3/c1-4-5-6-20-7-9-21(10-8-20)29(32)33-27-14-13-26-28-19(2)17-22-18-23(31)11-12-24(22)25(28)15-16-30(26,27)3/h18-21,24-28H,4-17H2,1-3H3/t19-,20-,21-,24+,25-,26+,27+,28-,30+/m1/s1. The first-order valence-electron chi connectivity index (χ1n) is 14.3. The summed E-state index contributed by atoms with van der Waals surface area (Å²) >= 11 is 0. The van der Waals surface area contributed by atoms with E-state index in [9.17, 15) is 9.59 Å². The molecule has 33 heavy (non-hydrogen) atoms. The molecule has 0 unspecified atom stereocenters. The third kappa shape index (κ3) is 4.36. The highest BCUT2D eigenvalue weighted by atomic mass is 16.5. The molecule has 184 valence electrons. The average molecular weight is 455 g/mol. The van der Waals surface area contributed by atoms with Crippen molar-refractivity contribution in [2.75, 3.05) is 0 Å². The molecule has 3 heteroatoms. The topological polar surface area (TPSA) is 43.4 Å². The molecule has 0 amide bonds. The molecular weight excluding hydrogens is 408 g/mol. The molecular formula is C30H46O3. The molecule has 0 heterocycles. The highest BCUT2D eigenvalue weighted by molar-refractivity contribution is 5.91. The van der Waals surface area contributed by atoms with E-state index in [2.05, 4.69) is 20.8 Å². The SMILES string of the molecule is CCCC[C@H]1CC[C@H](C(=O)O[C@H]2CC[C@H]3[C@H]4[C@H](CC[C@]23C)[C@H]2CCC(=O)C=C2C[C@H]4C)CC1. The normalized spacial score (nSPS) is 44.9. The summed E-state index contributed by atoms with van der Waals surface area (Å²) in [4.78, 5) is 25.2. The third-order valence-corrected chi connectivity index (χ3v) is 11.0. The van der Waals surface area contributed by atoms with Gasteiger partial charge >= 0.3 is 5.97 Å². The minimum atomic E-state index is 0.116. The smallest absolute Gasteiger partial charge is 0.309 e. The molecule has 0 aromatic rings. The van der Waals surface area contributed by atoms with Crippen molar-refractivity contribution in [2.45, 2.75) is 117 Å². The van der Waals surface area contributed by atoms with Gasteiger partial charge in [0.2, 0.25) is 0 Å².